The second kappa shape index (κ2) is 8.79. The molecule has 6 heteroatoms. The maximum absolute atomic E-state index is 8.78. The molecule has 0 unspecified atom stereocenters. The first-order valence-corrected chi connectivity index (χ1v) is 7.22. The van der Waals surface area contributed by atoms with Gasteiger partial charge in [-0.1, -0.05) is 42.5 Å². The van der Waals surface area contributed by atoms with Crippen LogP contribution in [0.3, 0.4) is 0 Å². The summed E-state index contributed by atoms with van der Waals surface area (Å²) >= 11 is 0. The second-order valence-electron chi connectivity index (χ2n) is 4.74. The van der Waals surface area contributed by atoms with Crippen LogP contribution in [-0.2, 0) is 0 Å². The summed E-state index contributed by atoms with van der Waals surface area (Å²) in [4.78, 5) is 11.9. The molecule has 2 aromatic carbocycles. The fourth-order valence-electron chi connectivity index (χ4n) is 2.04. The zero-order chi connectivity index (χ0) is 17.2. The van der Waals surface area contributed by atoms with Gasteiger partial charge in [-0.2, -0.15) is 5.10 Å². The molecule has 1 aliphatic rings. The Kier molecular flexibility index (Phi) is 6.16. The number of anilines is 1. The summed E-state index contributed by atoms with van der Waals surface area (Å²) in [6.45, 7) is 0. The summed E-state index contributed by atoms with van der Waals surface area (Å²) in [7, 11) is 0. The van der Waals surface area contributed by atoms with Crippen molar-refractivity contribution < 1.29 is 9.90 Å². The Labute approximate surface area is 139 Å². The molecule has 4 rings (SSSR count). The van der Waals surface area contributed by atoms with Crippen molar-refractivity contribution >= 4 is 35.0 Å². The van der Waals surface area contributed by atoms with Crippen LogP contribution in [0.2, 0.25) is 0 Å². The Hall–Kier alpha value is -3.54. The highest BCUT2D eigenvalue weighted by atomic mass is 16.4. The van der Waals surface area contributed by atoms with Gasteiger partial charge < -0.3 is 15.8 Å². The summed E-state index contributed by atoms with van der Waals surface area (Å²) < 4.78 is 0. The van der Waals surface area contributed by atoms with E-state index in [1.165, 1.54) is 16.5 Å². The average Bonchev–Trinajstić information content (AvgIpc) is 2.92. The molecule has 0 radical (unpaired) electrons. The first-order valence-electron chi connectivity index (χ1n) is 7.22. The van der Waals surface area contributed by atoms with Crippen LogP contribution >= 0.6 is 0 Å². The number of allylic oxidation sites excluding steroid dienone is 1. The number of hydrogen-bond acceptors (Lipinski definition) is 3. The highest BCUT2D eigenvalue weighted by Crippen LogP contribution is 2.17. The van der Waals surface area contributed by atoms with E-state index in [1.807, 2.05) is 54.7 Å². The van der Waals surface area contributed by atoms with E-state index in [9.17, 15) is 0 Å². The molecule has 0 saturated carbocycles. The Morgan fingerprint density at radius 2 is 1.75 bits per heavy atom. The van der Waals surface area contributed by atoms with Gasteiger partial charge in [0.05, 0.1) is 5.69 Å². The number of nitrogens with two attached hydrogens (primary N) is 1. The minimum absolute atomic E-state index is 1.05. The Bertz CT molecular complexity index is 819. The third-order valence-corrected chi connectivity index (χ3v) is 3.04. The highest BCUT2D eigenvalue weighted by Gasteiger charge is 1.96. The fraction of sp³-hybridized carbons (Fsp3) is 0. The van der Waals surface area contributed by atoms with Crippen LogP contribution in [0.25, 0.3) is 17.0 Å². The van der Waals surface area contributed by atoms with Gasteiger partial charge in [0.1, 0.15) is 0 Å². The molecule has 3 aromatic rings. The first kappa shape index (κ1) is 16.8. The van der Waals surface area contributed by atoms with Crippen molar-refractivity contribution in [2.75, 3.05) is 5.43 Å². The maximum Gasteiger partial charge on any atom is 0.402 e. The van der Waals surface area contributed by atoms with Gasteiger partial charge >= 0.3 is 6.09 Å². The van der Waals surface area contributed by atoms with Crippen molar-refractivity contribution in [3.63, 3.8) is 0 Å². The van der Waals surface area contributed by atoms with E-state index >= 15 is 0 Å². The number of amides is 1. The van der Waals surface area contributed by atoms with Crippen molar-refractivity contribution in [1.82, 2.24) is 4.98 Å². The summed E-state index contributed by atoms with van der Waals surface area (Å²) in [6, 6.07) is 18.3. The number of hydrogen-bond donors (Lipinski definition) is 4. The molecular formula is C18H18N4O2. The molecule has 1 aliphatic heterocycles. The lowest BCUT2D eigenvalue weighted by atomic mass is 10.2. The predicted octanol–water partition coefficient (Wildman–Crippen LogP) is 3.90. The number of aromatic amines is 1. The lowest BCUT2D eigenvalue weighted by Crippen LogP contribution is -2.03. The van der Waals surface area contributed by atoms with E-state index in [-0.39, 0.29) is 0 Å². The number of primary amides is 1. The molecule has 0 saturated heterocycles. The van der Waals surface area contributed by atoms with Gasteiger partial charge in [0.2, 0.25) is 0 Å². The van der Waals surface area contributed by atoms with Crippen LogP contribution in [0.5, 0.6) is 0 Å². The molecule has 24 heavy (non-hydrogen) atoms. The van der Waals surface area contributed by atoms with Crippen LogP contribution in [0.4, 0.5) is 10.5 Å². The van der Waals surface area contributed by atoms with Crippen LogP contribution < -0.4 is 11.2 Å². The number of aromatic nitrogens is 1. The maximum atomic E-state index is 8.78. The zero-order valence-electron chi connectivity index (χ0n) is 12.9. The van der Waals surface area contributed by atoms with Crippen molar-refractivity contribution in [2.24, 2.45) is 10.8 Å². The van der Waals surface area contributed by atoms with E-state index in [1.54, 1.807) is 6.21 Å². The smallest absolute Gasteiger partial charge is 0.402 e. The van der Waals surface area contributed by atoms with Crippen LogP contribution in [0, 0.1) is 0 Å². The van der Waals surface area contributed by atoms with Gasteiger partial charge in [-0.05, 0) is 35.2 Å². The van der Waals surface area contributed by atoms with Gasteiger partial charge in [0, 0.05) is 17.9 Å². The number of hydrazone groups is 1. The standard InChI is InChI=1S/C9H8N2.C8H7N.CH3NO2/c1-2-6-9-8(4-1)5-3-7-10-11-9;1-2-4-8-7(3-1)5-6-9-8;2-1(3)4/h1-7,11H;1-6,9H;2H2,(H,3,4). The summed E-state index contributed by atoms with van der Waals surface area (Å²) in [5.41, 5.74) is 10.4. The van der Waals surface area contributed by atoms with Crippen molar-refractivity contribution in [3.05, 3.63) is 72.4 Å². The average molecular weight is 322 g/mol. The van der Waals surface area contributed by atoms with Gasteiger partial charge in [-0.3, -0.25) is 5.43 Å². The van der Waals surface area contributed by atoms with Crippen LogP contribution in [-0.4, -0.2) is 22.4 Å². The molecule has 1 amide bonds. The number of nitrogens with zero attached hydrogens (tertiary/aromatic N) is 1. The minimum atomic E-state index is -1.33. The molecule has 0 aliphatic carbocycles. The SMILES string of the molecule is C1=Cc2ccccc2NN=C1.NC(=O)O.c1ccc2[nH]ccc2c1. The molecule has 1 aromatic heterocycles. The van der Waals surface area contributed by atoms with Gasteiger partial charge in [0.25, 0.3) is 0 Å². The number of para-hydroxylation sites is 2. The monoisotopic (exact) mass is 322 g/mol. The van der Waals surface area contributed by atoms with E-state index in [4.69, 9.17) is 9.90 Å². The highest BCUT2D eigenvalue weighted by molar-refractivity contribution is 5.83. The normalized spacial score (nSPS) is 11.0. The number of rotatable bonds is 0. The lowest BCUT2D eigenvalue weighted by molar-refractivity contribution is 0.205. The summed E-state index contributed by atoms with van der Waals surface area (Å²) in [5, 5.41) is 12.4. The minimum Gasteiger partial charge on any atom is -0.465 e. The van der Waals surface area contributed by atoms with Crippen molar-refractivity contribution in [2.45, 2.75) is 0 Å². The predicted molar refractivity (Wildman–Crippen MR) is 98.1 cm³/mol. The zero-order valence-corrected chi connectivity index (χ0v) is 12.9. The molecule has 5 N–H and O–H groups in total. The number of H-pyrrole nitrogens is 1. The molecule has 0 bridgehead atoms. The molecule has 0 atom stereocenters. The quantitative estimate of drug-likeness (QED) is 0.504. The molecular weight excluding hydrogens is 304 g/mol. The second-order valence-corrected chi connectivity index (χ2v) is 4.74. The topological polar surface area (TPSA) is 104 Å². The molecule has 6 nitrogen and oxygen atoms in total. The fourth-order valence-corrected chi connectivity index (χ4v) is 2.04. The number of fused-ring (bicyclic) bond motifs is 2. The molecule has 0 spiro atoms. The third-order valence-electron chi connectivity index (χ3n) is 3.04. The van der Waals surface area contributed by atoms with Gasteiger partial charge in [-0.25, -0.2) is 4.79 Å². The largest absolute Gasteiger partial charge is 0.465 e. The van der Waals surface area contributed by atoms with E-state index in [0.717, 1.165) is 5.69 Å². The Balaban J connectivity index is 0.000000145. The van der Waals surface area contributed by atoms with Crippen LogP contribution in [0.15, 0.2) is 72.0 Å². The van der Waals surface area contributed by atoms with Crippen LogP contribution in [0.1, 0.15) is 5.56 Å². The summed E-state index contributed by atoms with van der Waals surface area (Å²) in [6.07, 6.45) is 6.29. The molecule has 122 valence electrons. The lowest BCUT2D eigenvalue weighted by Gasteiger charge is -2.00. The van der Waals surface area contributed by atoms with E-state index < -0.39 is 6.09 Å². The molecule has 2 heterocycles. The van der Waals surface area contributed by atoms with Gasteiger partial charge in [-0.15, -0.1) is 0 Å². The van der Waals surface area contributed by atoms with Crippen molar-refractivity contribution in [3.8, 4) is 0 Å². The Morgan fingerprint density at radius 3 is 2.54 bits per heavy atom. The molecule has 0 fully saturated rings. The van der Waals surface area contributed by atoms with E-state index in [0.29, 0.717) is 0 Å². The van der Waals surface area contributed by atoms with Gasteiger partial charge in [0.15, 0.2) is 0 Å². The first-order chi connectivity index (χ1) is 11.7. The van der Waals surface area contributed by atoms with Crippen molar-refractivity contribution in [1.29, 1.82) is 0 Å². The van der Waals surface area contributed by atoms with E-state index in [2.05, 4.69) is 39.4 Å². The summed E-state index contributed by atoms with van der Waals surface area (Å²) in [5.74, 6) is 0. The third kappa shape index (κ3) is 5.34. The number of carboxylic acid groups (broad SMARTS) is 1. The number of nitrogens with one attached hydrogen (secondary N) is 2. The number of carbonyl (C=O) groups is 1. The Morgan fingerprint density at radius 1 is 1.04 bits per heavy atom. The number of benzene rings is 2.